The molecule has 0 amide bonds. The van der Waals surface area contributed by atoms with E-state index in [9.17, 15) is 13.2 Å². The second kappa shape index (κ2) is 7.17. The quantitative estimate of drug-likeness (QED) is 0.664. The summed E-state index contributed by atoms with van der Waals surface area (Å²) in [6, 6.07) is -0.446. The summed E-state index contributed by atoms with van der Waals surface area (Å²) in [4.78, 5) is 10.8. The molecule has 5 heterocycles. The zero-order valence-corrected chi connectivity index (χ0v) is 15.3. The van der Waals surface area contributed by atoms with E-state index in [4.69, 9.17) is 4.74 Å². The van der Waals surface area contributed by atoms with E-state index in [-0.39, 0.29) is 25.6 Å². The molecule has 0 spiro atoms. The molecule has 0 unspecified atom stereocenters. The average molecular weight is 408 g/mol. The maximum atomic E-state index is 14.1. The average Bonchev–Trinajstić information content (AvgIpc) is 3.31. The monoisotopic (exact) mass is 408 g/mol. The molecule has 2 aliphatic rings. The Balaban J connectivity index is 1.51. The van der Waals surface area contributed by atoms with Gasteiger partial charge in [0.15, 0.2) is 5.65 Å². The van der Waals surface area contributed by atoms with Crippen LogP contribution in [-0.2, 0) is 4.74 Å². The van der Waals surface area contributed by atoms with Crippen LogP contribution in [0, 0.1) is 5.92 Å². The Morgan fingerprint density at radius 1 is 1.31 bits per heavy atom. The third kappa shape index (κ3) is 3.26. The van der Waals surface area contributed by atoms with E-state index in [1.54, 1.807) is 12.4 Å². The first-order valence-corrected chi connectivity index (χ1v) is 9.36. The number of ether oxygens (including phenoxy) is 1. The molecular weight excluding hydrogens is 389 g/mol. The Hall–Kier alpha value is -2.89. The molecule has 3 aromatic rings. The van der Waals surface area contributed by atoms with Crippen molar-refractivity contribution in [1.29, 1.82) is 0 Å². The van der Waals surface area contributed by atoms with Crippen LogP contribution < -0.4 is 10.2 Å². The van der Waals surface area contributed by atoms with E-state index in [0.29, 0.717) is 35.6 Å². The third-order valence-electron chi connectivity index (χ3n) is 5.32. The van der Waals surface area contributed by atoms with Crippen LogP contribution in [-0.4, -0.2) is 74.7 Å². The highest BCUT2D eigenvalue weighted by molar-refractivity contribution is 5.85. The Bertz CT molecular complexity index is 988. The highest BCUT2D eigenvalue weighted by Gasteiger charge is 2.37. The number of rotatable bonds is 5. The highest BCUT2D eigenvalue weighted by atomic mass is 19.3. The van der Waals surface area contributed by atoms with Gasteiger partial charge in [0, 0.05) is 31.5 Å². The molecule has 0 radical (unpaired) electrons. The van der Waals surface area contributed by atoms with Gasteiger partial charge in [0.25, 0.3) is 0 Å². The molecule has 0 aromatic carbocycles. The smallest absolute Gasteiger partial charge is 0.244 e. The number of nitrogens with one attached hydrogen (secondary N) is 2. The van der Waals surface area contributed by atoms with E-state index in [2.05, 4.69) is 30.6 Å². The van der Waals surface area contributed by atoms with Gasteiger partial charge in [-0.05, 0) is 6.42 Å². The minimum atomic E-state index is -2.37. The number of fused-ring (bicyclic) bond motifs is 1. The number of hydrogen-bond donors (Lipinski definition) is 2. The summed E-state index contributed by atoms with van der Waals surface area (Å²) in [6.07, 6.45) is 1.76. The molecule has 2 atom stereocenters. The number of aromatic nitrogens is 6. The summed E-state index contributed by atoms with van der Waals surface area (Å²) in [5.74, 6) is -0.430. The van der Waals surface area contributed by atoms with Gasteiger partial charge in [0.2, 0.25) is 12.4 Å². The Morgan fingerprint density at radius 2 is 2.17 bits per heavy atom. The van der Waals surface area contributed by atoms with Crippen molar-refractivity contribution in [2.75, 3.05) is 36.5 Å². The third-order valence-corrected chi connectivity index (χ3v) is 5.32. The lowest BCUT2D eigenvalue weighted by Gasteiger charge is -2.40. The zero-order valence-electron chi connectivity index (χ0n) is 15.3. The summed E-state index contributed by atoms with van der Waals surface area (Å²) in [7, 11) is 0. The zero-order chi connectivity index (χ0) is 20.0. The first-order valence-electron chi connectivity index (χ1n) is 9.36. The molecule has 9 nitrogen and oxygen atoms in total. The normalized spacial score (nSPS) is 23.0. The second-order valence-electron chi connectivity index (χ2n) is 7.26. The Morgan fingerprint density at radius 3 is 2.90 bits per heavy atom. The second-order valence-corrected chi connectivity index (χ2v) is 7.26. The van der Waals surface area contributed by atoms with E-state index < -0.39 is 24.6 Å². The molecule has 0 bridgehead atoms. The molecular formula is C17H19F3N8O. The summed E-state index contributed by atoms with van der Waals surface area (Å²) in [5.41, 5.74) is 2.37. The fourth-order valence-corrected chi connectivity index (χ4v) is 3.67. The number of hydrogen-bond acceptors (Lipinski definition) is 7. The Labute approximate surface area is 163 Å². The molecule has 2 fully saturated rings. The molecule has 0 aliphatic carbocycles. The lowest BCUT2D eigenvalue weighted by Crippen LogP contribution is -2.50. The largest absolute Gasteiger partial charge is 0.378 e. The van der Waals surface area contributed by atoms with Gasteiger partial charge in [-0.2, -0.15) is 14.6 Å². The van der Waals surface area contributed by atoms with Crippen molar-refractivity contribution < 1.29 is 17.9 Å². The molecule has 3 aromatic heterocycles. The van der Waals surface area contributed by atoms with E-state index in [1.165, 1.54) is 10.8 Å². The number of H-pyrrole nitrogens is 1. The van der Waals surface area contributed by atoms with Gasteiger partial charge in [0.1, 0.15) is 23.9 Å². The van der Waals surface area contributed by atoms with Crippen molar-refractivity contribution >= 4 is 17.3 Å². The van der Waals surface area contributed by atoms with Crippen LogP contribution in [0.15, 0.2) is 18.7 Å². The highest BCUT2D eigenvalue weighted by Crippen LogP contribution is 2.37. The summed E-state index contributed by atoms with van der Waals surface area (Å²) in [5, 5.41) is 14.0. The van der Waals surface area contributed by atoms with E-state index in [1.807, 2.05) is 4.90 Å². The van der Waals surface area contributed by atoms with Gasteiger partial charge in [-0.3, -0.25) is 5.10 Å². The molecule has 2 saturated heterocycles. The Kier molecular flexibility index (Phi) is 4.49. The fourth-order valence-electron chi connectivity index (χ4n) is 3.67. The van der Waals surface area contributed by atoms with Crippen molar-refractivity contribution in [3.63, 3.8) is 0 Å². The summed E-state index contributed by atoms with van der Waals surface area (Å²) < 4.78 is 46.7. The minimum Gasteiger partial charge on any atom is -0.378 e. The van der Waals surface area contributed by atoms with Crippen LogP contribution in [0.2, 0.25) is 0 Å². The summed E-state index contributed by atoms with van der Waals surface area (Å²) in [6.45, 7) is 0.898. The lowest BCUT2D eigenvalue weighted by molar-refractivity contribution is 0.0284. The van der Waals surface area contributed by atoms with Gasteiger partial charge in [-0.1, -0.05) is 0 Å². The maximum Gasteiger partial charge on any atom is 0.244 e. The van der Waals surface area contributed by atoms with Crippen molar-refractivity contribution in [3.8, 4) is 11.3 Å². The van der Waals surface area contributed by atoms with E-state index >= 15 is 0 Å². The predicted octanol–water partition coefficient (Wildman–Crippen LogP) is 1.75. The molecule has 12 heteroatoms. The molecule has 154 valence electrons. The van der Waals surface area contributed by atoms with Crippen molar-refractivity contribution in [2.24, 2.45) is 5.92 Å². The van der Waals surface area contributed by atoms with Gasteiger partial charge < -0.3 is 15.0 Å². The number of alkyl halides is 3. The van der Waals surface area contributed by atoms with Crippen LogP contribution in [0.1, 0.15) is 6.42 Å². The van der Waals surface area contributed by atoms with Gasteiger partial charge in [-0.25, -0.2) is 18.2 Å². The molecule has 5 rings (SSSR count). The van der Waals surface area contributed by atoms with Crippen LogP contribution in [0.4, 0.5) is 24.8 Å². The predicted molar refractivity (Wildman–Crippen MR) is 97.8 cm³/mol. The molecule has 2 N–H and O–H groups in total. The number of anilines is 2. The number of aromatic amines is 1. The van der Waals surface area contributed by atoms with Crippen molar-refractivity contribution in [2.45, 2.75) is 25.1 Å². The summed E-state index contributed by atoms with van der Waals surface area (Å²) >= 11 is 0. The lowest BCUT2D eigenvalue weighted by atomic mass is 9.99. The molecule has 29 heavy (non-hydrogen) atoms. The number of halogens is 3. The van der Waals surface area contributed by atoms with Crippen LogP contribution in [0.25, 0.3) is 16.9 Å². The molecule has 2 aliphatic heterocycles. The van der Waals surface area contributed by atoms with E-state index in [0.717, 1.165) is 0 Å². The van der Waals surface area contributed by atoms with Crippen LogP contribution >= 0.6 is 0 Å². The van der Waals surface area contributed by atoms with Crippen molar-refractivity contribution in [3.05, 3.63) is 18.7 Å². The van der Waals surface area contributed by atoms with Crippen LogP contribution in [0.5, 0.6) is 0 Å². The van der Waals surface area contributed by atoms with Crippen molar-refractivity contribution in [1.82, 2.24) is 29.8 Å². The number of nitrogens with zero attached hydrogens (tertiary/aromatic N) is 6. The maximum absolute atomic E-state index is 14.1. The molecule has 0 saturated carbocycles. The topological polar surface area (TPSA) is 96.3 Å². The minimum absolute atomic E-state index is 0.0330. The van der Waals surface area contributed by atoms with Crippen LogP contribution in [0.3, 0.4) is 0 Å². The SMILES string of the molecule is FC(F)C1CN(c2c(-c3cn[nH]c3)ncn3nc(N[C@H]4CCOC[C@H]4F)nc23)C1. The standard InChI is InChI=1S/C17H19F3N8O/c18-11-7-29-2-1-12(11)24-17-25-16-14(27-5-10(6-27)15(19)20)13(9-3-22-23-4-9)21-8-28(16)26-17/h3-4,8,10-12,15H,1-2,5-7H2,(H,22,23)(H,24,26)/t11-,12+/m1/s1. The van der Waals surface area contributed by atoms with Gasteiger partial charge >= 0.3 is 0 Å². The van der Waals surface area contributed by atoms with Gasteiger partial charge in [-0.15, -0.1) is 5.10 Å². The first kappa shape index (κ1) is 18.2. The fraction of sp³-hybridized carbons (Fsp3) is 0.529. The van der Waals surface area contributed by atoms with Gasteiger partial charge in [0.05, 0.1) is 24.8 Å². The first-order chi connectivity index (χ1) is 14.1.